The van der Waals surface area contributed by atoms with Crippen molar-refractivity contribution in [3.8, 4) is 11.8 Å². The van der Waals surface area contributed by atoms with Crippen LogP contribution in [-0.2, 0) is 24.9 Å². The van der Waals surface area contributed by atoms with E-state index in [1.807, 2.05) is 12.1 Å². The van der Waals surface area contributed by atoms with E-state index in [9.17, 15) is 38.0 Å². The number of pyridine rings is 1. The lowest BCUT2D eigenvalue weighted by atomic mass is 9.86. The van der Waals surface area contributed by atoms with Crippen LogP contribution in [-0.4, -0.2) is 104 Å². The molecule has 0 spiro atoms. The Balaban J connectivity index is 0.811. The van der Waals surface area contributed by atoms with Gasteiger partial charge in [0.1, 0.15) is 29.3 Å². The van der Waals surface area contributed by atoms with E-state index in [2.05, 4.69) is 22.0 Å². The lowest BCUT2D eigenvalue weighted by Crippen LogP contribution is -2.54. The fourth-order valence-corrected chi connectivity index (χ4v) is 10.0. The summed E-state index contributed by atoms with van der Waals surface area (Å²) in [5, 5.41) is 11.8. The topological polar surface area (TPSA) is 159 Å². The molecule has 1 N–H and O–H groups in total. The quantitative estimate of drug-likeness (QED) is 0.0994. The number of hydrogen-bond acceptors (Lipinski definition) is 11. The van der Waals surface area contributed by atoms with Gasteiger partial charge in [-0.15, -0.1) is 0 Å². The minimum absolute atomic E-state index is 0.0277. The predicted molar refractivity (Wildman–Crippen MR) is 236 cm³/mol. The third-order valence-electron chi connectivity index (χ3n) is 12.8. The molecular formula is C44H45F2IN8O6S. The van der Waals surface area contributed by atoms with Crippen LogP contribution in [0.4, 0.5) is 20.3 Å². The molecule has 2 aromatic carbocycles. The lowest BCUT2D eigenvalue weighted by Gasteiger charge is -2.44. The molecule has 5 aliphatic rings. The molecule has 5 amide bonds. The van der Waals surface area contributed by atoms with E-state index >= 15 is 0 Å². The molecule has 5 heterocycles. The van der Waals surface area contributed by atoms with Crippen LogP contribution in [0, 0.1) is 17.2 Å². The second-order valence-electron chi connectivity index (χ2n) is 17.0. The Bertz CT molecular complexity index is 2390. The maximum absolute atomic E-state index is 14.4. The average Bonchev–Trinajstić information content (AvgIpc) is 3.57. The summed E-state index contributed by atoms with van der Waals surface area (Å²) in [5.74, 6) is -0.625. The van der Waals surface area contributed by atoms with Crippen LogP contribution in [0.25, 0.3) is 0 Å². The van der Waals surface area contributed by atoms with Crippen molar-refractivity contribution in [2.45, 2.75) is 93.5 Å². The molecule has 1 saturated carbocycles. The minimum atomic E-state index is -3.31. The van der Waals surface area contributed by atoms with Crippen LogP contribution in [0.15, 0.2) is 54.7 Å². The average molecular weight is 979 g/mol. The zero-order valence-electron chi connectivity index (χ0n) is 34.4. The highest BCUT2D eigenvalue weighted by Gasteiger charge is 2.50. The molecule has 3 aromatic rings. The standard InChI is InChI=1S/C44H45F2IN8O6S/c1-4-51(29-17-31(18-29)61-30-8-9-32-33(20-30)40(59)55(39(32)58)35-10-12-37(56)50-38(35)57)23-25-13-15-52(16-14-25)36-11-5-26(22-49-36)24-53-42(62)54(41(60)43(53,2)3)28-7-6-27(21-48)34(19-28)44(45,46)47/h5-9,11,19-20,22,25,29,31,35H,4,10,12-18,23-24H2,1-3H3,(H,50,56,57). The monoisotopic (exact) mass is 978 g/mol. The van der Waals surface area contributed by atoms with E-state index in [0.717, 1.165) is 96.8 Å². The first-order chi connectivity index (χ1) is 29.5. The number of nitriles is 1. The van der Waals surface area contributed by atoms with Crippen molar-refractivity contribution < 1.29 is 37.5 Å². The molecule has 14 nitrogen and oxygen atoms in total. The molecule has 4 aliphatic heterocycles. The number of anilines is 2. The van der Waals surface area contributed by atoms with Crippen LogP contribution >= 0.6 is 34.8 Å². The summed E-state index contributed by atoms with van der Waals surface area (Å²) in [6.07, 6.45) is 5.63. The van der Waals surface area contributed by atoms with Crippen LogP contribution < -0.4 is 19.9 Å². The molecule has 8 rings (SSSR count). The summed E-state index contributed by atoms with van der Waals surface area (Å²) in [4.78, 5) is 77.6. The first kappa shape index (κ1) is 43.5. The van der Waals surface area contributed by atoms with E-state index in [0.29, 0.717) is 17.7 Å². The summed E-state index contributed by atoms with van der Waals surface area (Å²) in [6.45, 7) is 9.56. The van der Waals surface area contributed by atoms with Gasteiger partial charge >= 0.3 is 3.93 Å². The Morgan fingerprint density at radius 1 is 1.02 bits per heavy atom. The summed E-state index contributed by atoms with van der Waals surface area (Å²) in [5.41, 5.74) is -0.264. The van der Waals surface area contributed by atoms with Gasteiger partial charge in [-0.2, -0.15) is 14.0 Å². The van der Waals surface area contributed by atoms with Gasteiger partial charge in [-0.25, -0.2) is 4.98 Å². The number of aromatic nitrogens is 1. The smallest absolute Gasteiger partial charge is 0.322 e. The number of ether oxygens (including phenoxy) is 1. The van der Waals surface area contributed by atoms with Gasteiger partial charge in [0.05, 0.1) is 34.0 Å². The van der Waals surface area contributed by atoms with Crippen molar-refractivity contribution in [2.75, 3.05) is 36.0 Å². The largest absolute Gasteiger partial charge is 0.490 e. The maximum atomic E-state index is 14.4. The summed E-state index contributed by atoms with van der Waals surface area (Å²) in [6, 6.07) is 13.9. The Kier molecular flexibility index (Phi) is 11.8. The van der Waals surface area contributed by atoms with Crippen molar-refractivity contribution in [2.24, 2.45) is 5.92 Å². The molecule has 4 fully saturated rings. The number of imide groups is 2. The Labute approximate surface area is 376 Å². The van der Waals surface area contributed by atoms with Gasteiger partial charge in [0.2, 0.25) is 11.8 Å². The summed E-state index contributed by atoms with van der Waals surface area (Å²) < 4.78 is 31.7. The van der Waals surface area contributed by atoms with Crippen LogP contribution in [0.5, 0.6) is 5.75 Å². The number of carbonyl (C=O) groups excluding carboxylic acids is 5. The van der Waals surface area contributed by atoms with Crippen molar-refractivity contribution in [3.63, 3.8) is 0 Å². The number of carbonyl (C=O) groups is 5. The Hall–Kier alpha value is -5.13. The molecule has 1 atom stereocenters. The van der Waals surface area contributed by atoms with Gasteiger partial charge in [-0.3, -0.25) is 39.1 Å². The number of nitrogens with zero attached hydrogens (tertiary/aromatic N) is 7. The van der Waals surface area contributed by atoms with Crippen LogP contribution in [0.1, 0.15) is 96.7 Å². The number of piperidine rings is 2. The lowest BCUT2D eigenvalue weighted by molar-refractivity contribution is -0.136. The normalized spacial score (nSPS) is 22.9. The SMILES string of the molecule is CCN(CC1CCN(c2ccc(CN3C(=S)N(c4ccc(C#N)c(C(F)(F)I)c4)C(=O)C3(C)C)cn2)CC1)C1CC(Oc2ccc3c(c2)C(=O)N(C2CCC(=O)NC2=O)C3=O)C1. The van der Waals surface area contributed by atoms with Gasteiger partial charge in [-0.05, 0) is 106 Å². The van der Waals surface area contributed by atoms with Gasteiger partial charge in [-0.1, -0.05) is 13.0 Å². The number of hydrogen-bond donors (Lipinski definition) is 1. The third-order valence-corrected chi connectivity index (χ3v) is 13.8. The Morgan fingerprint density at radius 3 is 2.39 bits per heavy atom. The summed E-state index contributed by atoms with van der Waals surface area (Å²) in [7, 11) is 0. The van der Waals surface area contributed by atoms with Crippen LogP contribution in [0.2, 0.25) is 0 Å². The number of amides is 5. The number of halogens is 3. The van der Waals surface area contributed by atoms with Gasteiger partial charge in [0.15, 0.2) is 5.11 Å². The molecule has 1 aliphatic carbocycles. The molecule has 18 heteroatoms. The van der Waals surface area contributed by atoms with E-state index in [-0.39, 0.29) is 58.9 Å². The first-order valence-corrected chi connectivity index (χ1v) is 22.2. The van der Waals surface area contributed by atoms with Gasteiger partial charge in [0, 0.05) is 80.3 Å². The molecule has 1 unspecified atom stereocenters. The zero-order valence-corrected chi connectivity index (χ0v) is 37.4. The van der Waals surface area contributed by atoms with Crippen molar-refractivity contribution in [1.82, 2.24) is 25.0 Å². The number of fused-ring (bicyclic) bond motifs is 1. The fourth-order valence-electron chi connectivity index (χ4n) is 9.07. The van der Waals surface area contributed by atoms with Gasteiger partial charge < -0.3 is 19.4 Å². The second-order valence-corrected chi connectivity index (χ2v) is 18.7. The zero-order chi connectivity index (χ0) is 44.2. The van der Waals surface area contributed by atoms with Crippen molar-refractivity contribution in [1.29, 1.82) is 5.26 Å². The van der Waals surface area contributed by atoms with Crippen molar-refractivity contribution in [3.05, 3.63) is 82.5 Å². The molecule has 3 saturated heterocycles. The number of thiocarbonyl (C=S) groups is 1. The molecule has 0 bridgehead atoms. The maximum Gasteiger partial charge on any atom is 0.322 e. The summed E-state index contributed by atoms with van der Waals surface area (Å²) >= 11 is 6.73. The number of benzene rings is 2. The predicted octanol–water partition coefficient (Wildman–Crippen LogP) is 5.90. The highest BCUT2D eigenvalue weighted by Crippen LogP contribution is 2.41. The number of rotatable bonds is 12. The molecule has 62 heavy (non-hydrogen) atoms. The van der Waals surface area contributed by atoms with Crippen LogP contribution in [0.3, 0.4) is 0 Å². The van der Waals surface area contributed by atoms with E-state index < -0.39 is 44.7 Å². The molecule has 324 valence electrons. The number of alkyl halides is 3. The molecule has 1 aromatic heterocycles. The minimum Gasteiger partial charge on any atom is -0.490 e. The van der Waals surface area contributed by atoms with E-state index in [1.165, 1.54) is 17.0 Å². The van der Waals surface area contributed by atoms with Gasteiger partial charge in [0.25, 0.3) is 17.7 Å². The van der Waals surface area contributed by atoms with E-state index in [1.54, 1.807) is 49.2 Å². The fraction of sp³-hybridized carbons (Fsp3) is 0.455. The Morgan fingerprint density at radius 2 is 1.74 bits per heavy atom. The highest BCUT2D eigenvalue weighted by molar-refractivity contribution is 14.1. The number of nitrogens with one attached hydrogen (secondary N) is 1. The molecular weight excluding hydrogens is 934 g/mol. The molecule has 0 radical (unpaired) electrons. The van der Waals surface area contributed by atoms with Crippen molar-refractivity contribution >= 4 is 81.0 Å². The third kappa shape index (κ3) is 8.14. The second kappa shape index (κ2) is 16.9. The van der Waals surface area contributed by atoms with E-state index in [4.69, 9.17) is 21.9 Å². The highest BCUT2D eigenvalue weighted by atomic mass is 127. The first-order valence-electron chi connectivity index (χ1n) is 20.7.